The van der Waals surface area contributed by atoms with Gasteiger partial charge in [0.1, 0.15) is 5.75 Å². The van der Waals surface area contributed by atoms with Gasteiger partial charge >= 0.3 is 0 Å². The second-order valence-electron chi connectivity index (χ2n) is 6.05. The van der Waals surface area contributed by atoms with Gasteiger partial charge in [-0.15, -0.1) is 0 Å². The van der Waals surface area contributed by atoms with Crippen molar-refractivity contribution in [3.63, 3.8) is 0 Å². The van der Waals surface area contributed by atoms with Gasteiger partial charge in [-0.3, -0.25) is 0 Å². The maximum absolute atomic E-state index is 10.8. The zero-order valence-corrected chi connectivity index (χ0v) is 12.0. The van der Waals surface area contributed by atoms with E-state index in [9.17, 15) is 5.11 Å². The van der Waals surface area contributed by atoms with Crippen LogP contribution in [0, 0.1) is 5.41 Å². The Morgan fingerprint density at radius 2 is 1.78 bits per heavy atom. The van der Waals surface area contributed by atoms with Crippen molar-refractivity contribution in [2.45, 2.75) is 45.1 Å². The van der Waals surface area contributed by atoms with E-state index in [4.69, 9.17) is 16.3 Å². The lowest BCUT2D eigenvalue weighted by Crippen LogP contribution is -2.34. The lowest BCUT2D eigenvalue weighted by Gasteiger charge is -2.40. The molecule has 0 aromatic heterocycles. The van der Waals surface area contributed by atoms with Gasteiger partial charge in [-0.05, 0) is 48.8 Å². The highest BCUT2D eigenvalue weighted by atomic mass is 35.5. The van der Waals surface area contributed by atoms with Gasteiger partial charge in [-0.25, -0.2) is 0 Å². The van der Waals surface area contributed by atoms with Crippen LogP contribution in [0.4, 0.5) is 0 Å². The summed E-state index contributed by atoms with van der Waals surface area (Å²) in [7, 11) is 1.60. The average molecular weight is 269 g/mol. The molecule has 1 aliphatic carbocycles. The van der Waals surface area contributed by atoms with Crippen LogP contribution < -0.4 is 4.74 Å². The molecule has 100 valence electrons. The molecule has 2 nitrogen and oxygen atoms in total. The van der Waals surface area contributed by atoms with E-state index in [-0.39, 0.29) is 0 Å². The average Bonchev–Trinajstić information content (AvgIpc) is 2.34. The molecule has 0 saturated heterocycles. The van der Waals surface area contributed by atoms with Crippen LogP contribution >= 0.6 is 11.6 Å². The van der Waals surface area contributed by atoms with Gasteiger partial charge < -0.3 is 9.84 Å². The number of aliphatic hydroxyl groups is 1. The molecule has 1 aromatic rings. The molecule has 1 saturated carbocycles. The molecule has 3 heteroatoms. The Hall–Kier alpha value is -0.730. The third kappa shape index (κ3) is 2.65. The number of hydrogen-bond acceptors (Lipinski definition) is 2. The van der Waals surface area contributed by atoms with Crippen LogP contribution in [0.5, 0.6) is 5.75 Å². The third-order valence-electron chi connectivity index (χ3n) is 4.12. The third-order valence-corrected chi connectivity index (χ3v) is 4.43. The van der Waals surface area contributed by atoms with Gasteiger partial charge in [0.2, 0.25) is 0 Å². The van der Waals surface area contributed by atoms with E-state index >= 15 is 0 Å². The zero-order chi connectivity index (χ0) is 13.4. The molecule has 18 heavy (non-hydrogen) atoms. The van der Waals surface area contributed by atoms with E-state index in [0.717, 1.165) is 31.2 Å². The summed E-state index contributed by atoms with van der Waals surface area (Å²) in [5.41, 5.74) is 0.523. The van der Waals surface area contributed by atoms with Gasteiger partial charge in [0.05, 0.1) is 17.7 Å². The minimum absolute atomic E-state index is 0.336. The molecule has 0 spiro atoms. The Bertz CT molecular complexity index is 430. The molecule has 0 heterocycles. The summed E-state index contributed by atoms with van der Waals surface area (Å²) in [6.45, 7) is 4.52. The predicted octanol–water partition coefficient (Wildman–Crippen LogP) is 4.14. The summed E-state index contributed by atoms with van der Waals surface area (Å²) in [6, 6.07) is 5.57. The Morgan fingerprint density at radius 1 is 1.17 bits per heavy atom. The second-order valence-corrected chi connectivity index (χ2v) is 6.45. The van der Waals surface area contributed by atoms with Crippen molar-refractivity contribution in [3.05, 3.63) is 28.8 Å². The number of methoxy groups -OCH3 is 1. The summed E-state index contributed by atoms with van der Waals surface area (Å²) < 4.78 is 5.22. The van der Waals surface area contributed by atoms with E-state index in [1.54, 1.807) is 13.2 Å². The number of rotatable bonds is 2. The highest BCUT2D eigenvalue weighted by molar-refractivity contribution is 6.32. The molecule has 0 bridgehead atoms. The van der Waals surface area contributed by atoms with Crippen molar-refractivity contribution in [2.24, 2.45) is 5.41 Å². The van der Waals surface area contributed by atoms with E-state index in [1.807, 2.05) is 12.1 Å². The molecular weight excluding hydrogens is 248 g/mol. The quantitative estimate of drug-likeness (QED) is 0.874. The van der Waals surface area contributed by atoms with Crippen LogP contribution in [0.1, 0.15) is 45.1 Å². The number of halogens is 1. The van der Waals surface area contributed by atoms with Crippen LogP contribution in [0.15, 0.2) is 18.2 Å². The first-order valence-corrected chi connectivity index (χ1v) is 6.81. The van der Waals surface area contributed by atoms with Crippen molar-refractivity contribution >= 4 is 11.6 Å². The van der Waals surface area contributed by atoms with Crippen LogP contribution in [0.25, 0.3) is 0 Å². The topological polar surface area (TPSA) is 29.5 Å². The molecule has 0 amide bonds. The maximum Gasteiger partial charge on any atom is 0.137 e. The molecule has 0 aliphatic heterocycles. The monoisotopic (exact) mass is 268 g/mol. The van der Waals surface area contributed by atoms with E-state index in [0.29, 0.717) is 16.2 Å². The van der Waals surface area contributed by atoms with E-state index < -0.39 is 5.60 Å². The van der Waals surface area contributed by atoms with Gasteiger partial charge in [0, 0.05) is 0 Å². The number of benzene rings is 1. The molecule has 2 rings (SSSR count). The summed E-state index contributed by atoms with van der Waals surface area (Å²) in [5.74, 6) is 0.632. The fraction of sp³-hybridized carbons (Fsp3) is 0.600. The summed E-state index contributed by atoms with van der Waals surface area (Å²) in [4.78, 5) is 0. The smallest absolute Gasteiger partial charge is 0.137 e. The van der Waals surface area contributed by atoms with Gasteiger partial charge in [-0.1, -0.05) is 31.5 Å². The summed E-state index contributed by atoms with van der Waals surface area (Å²) >= 11 is 6.02. The first-order valence-electron chi connectivity index (χ1n) is 6.43. The minimum atomic E-state index is -0.729. The molecular formula is C15H21ClO2. The van der Waals surface area contributed by atoms with Gasteiger partial charge in [0.25, 0.3) is 0 Å². The zero-order valence-electron chi connectivity index (χ0n) is 11.3. The molecule has 1 fully saturated rings. The van der Waals surface area contributed by atoms with E-state index in [2.05, 4.69) is 13.8 Å². The van der Waals surface area contributed by atoms with Gasteiger partial charge in [0.15, 0.2) is 0 Å². The van der Waals surface area contributed by atoms with Crippen molar-refractivity contribution < 1.29 is 9.84 Å². The van der Waals surface area contributed by atoms with Crippen LogP contribution in [0.2, 0.25) is 5.02 Å². The maximum atomic E-state index is 10.8. The Labute approximate surface area is 114 Å². The molecule has 1 aromatic carbocycles. The molecule has 0 atom stereocenters. The van der Waals surface area contributed by atoms with Crippen LogP contribution in [-0.4, -0.2) is 12.2 Å². The van der Waals surface area contributed by atoms with Crippen molar-refractivity contribution in [1.82, 2.24) is 0 Å². The first-order chi connectivity index (χ1) is 8.36. The number of hydrogen-bond donors (Lipinski definition) is 1. The SMILES string of the molecule is COc1cc(C2(O)CCC(C)(C)CC2)ccc1Cl. The molecule has 1 N–H and O–H groups in total. The van der Waals surface area contributed by atoms with E-state index in [1.165, 1.54) is 0 Å². The van der Waals surface area contributed by atoms with Crippen molar-refractivity contribution in [2.75, 3.05) is 7.11 Å². The number of ether oxygens (including phenoxy) is 1. The highest BCUT2D eigenvalue weighted by Gasteiger charge is 2.38. The van der Waals surface area contributed by atoms with Crippen LogP contribution in [0.3, 0.4) is 0 Å². The molecule has 0 radical (unpaired) electrons. The largest absolute Gasteiger partial charge is 0.495 e. The fourth-order valence-electron chi connectivity index (χ4n) is 2.58. The Kier molecular flexibility index (Phi) is 3.61. The van der Waals surface area contributed by atoms with Crippen LogP contribution in [-0.2, 0) is 5.60 Å². The molecule has 1 aliphatic rings. The second kappa shape index (κ2) is 4.75. The standard InChI is InChI=1S/C15H21ClO2/c1-14(2)6-8-15(17,9-7-14)11-4-5-12(16)13(10-11)18-3/h4-5,10,17H,6-9H2,1-3H3. The fourth-order valence-corrected chi connectivity index (χ4v) is 2.77. The lowest BCUT2D eigenvalue weighted by molar-refractivity contribution is -0.0306. The predicted molar refractivity (Wildman–Crippen MR) is 74.1 cm³/mol. The Morgan fingerprint density at radius 3 is 2.33 bits per heavy atom. The Balaban J connectivity index is 2.26. The normalized spacial score (nSPS) is 21.6. The summed E-state index contributed by atoms with van der Waals surface area (Å²) in [6.07, 6.45) is 3.67. The highest BCUT2D eigenvalue weighted by Crippen LogP contribution is 2.46. The van der Waals surface area contributed by atoms with Crippen molar-refractivity contribution in [3.8, 4) is 5.75 Å². The first kappa shape index (κ1) is 13.7. The lowest BCUT2D eigenvalue weighted by atomic mass is 9.69. The minimum Gasteiger partial charge on any atom is -0.495 e. The summed E-state index contributed by atoms with van der Waals surface area (Å²) in [5, 5.41) is 11.4. The van der Waals surface area contributed by atoms with Gasteiger partial charge in [-0.2, -0.15) is 0 Å². The van der Waals surface area contributed by atoms with Crippen molar-refractivity contribution in [1.29, 1.82) is 0 Å². The molecule has 0 unspecified atom stereocenters.